The highest BCUT2D eigenvalue weighted by Gasteiger charge is 2.33. The van der Waals surface area contributed by atoms with Crippen LogP contribution in [0.2, 0.25) is 0 Å². The Bertz CT molecular complexity index is 1800. The molecule has 0 saturated heterocycles. The zero-order chi connectivity index (χ0) is 29.2. The summed E-state index contributed by atoms with van der Waals surface area (Å²) in [4.78, 5) is 56.4. The van der Waals surface area contributed by atoms with Gasteiger partial charge in [0.1, 0.15) is 5.75 Å². The largest absolute Gasteiger partial charge is 0.497 e. The summed E-state index contributed by atoms with van der Waals surface area (Å²) >= 11 is 0. The van der Waals surface area contributed by atoms with E-state index >= 15 is 0 Å². The van der Waals surface area contributed by atoms with E-state index in [9.17, 15) is 19.2 Å². The monoisotopic (exact) mass is 554 g/mol. The molecule has 0 fully saturated rings. The van der Waals surface area contributed by atoms with Gasteiger partial charge in [0.15, 0.2) is 5.78 Å². The van der Waals surface area contributed by atoms with Crippen LogP contribution < -0.4 is 9.64 Å². The number of methoxy groups -OCH3 is 1. The van der Waals surface area contributed by atoms with Gasteiger partial charge in [0.25, 0.3) is 17.7 Å². The van der Waals surface area contributed by atoms with Gasteiger partial charge in [-0.25, -0.2) is 0 Å². The molecule has 5 aromatic rings. The van der Waals surface area contributed by atoms with Crippen LogP contribution in [0, 0.1) is 0 Å². The summed E-state index contributed by atoms with van der Waals surface area (Å²) in [6.45, 7) is 0.0300. The van der Waals surface area contributed by atoms with E-state index in [1.54, 1.807) is 97.1 Å². The second-order valence-electron chi connectivity index (χ2n) is 9.90. The van der Waals surface area contributed by atoms with Crippen LogP contribution >= 0.6 is 0 Å². The number of ether oxygens (including phenoxy) is 1. The van der Waals surface area contributed by atoms with E-state index in [0.717, 1.165) is 5.39 Å². The van der Waals surface area contributed by atoms with Gasteiger partial charge in [-0.05, 0) is 41.8 Å². The number of benzene rings is 5. The first kappa shape index (κ1) is 26.7. The molecule has 0 bridgehead atoms. The summed E-state index contributed by atoms with van der Waals surface area (Å²) in [5.74, 6) is -0.727. The minimum atomic E-state index is -0.397. The number of ketones is 1. The molecule has 0 N–H and O–H groups in total. The van der Waals surface area contributed by atoms with Crippen LogP contribution in [0.5, 0.6) is 5.75 Å². The lowest BCUT2D eigenvalue weighted by molar-refractivity contribution is 0.0611. The Labute approximate surface area is 242 Å². The average molecular weight is 555 g/mol. The molecule has 5 aromatic carbocycles. The van der Waals surface area contributed by atoms with Gasteiger partial charge in [-0.3, -0.25) is 24.1 Å². The Morgan fingerprint density at radius 3 is 1.93 bits per heavy atom. The maximum Gasteiger partial charge on any atom is 0.261 e. The summed E-state index contributed by atoms with van der Waals surface area (Å²) in [5.41, 5.74) is 2.84. The van der Waals surface area contributed by atoms with Crippen LogP contribution in [0.4, 0.5) is 5.69 Å². The highest BCUT2D eigenvalue weighted by Crippen LogP contribution is 2.30. The van der Waals surface area contributed by atoms with Gasteiger partial charge in [-0.15, -0.1) is 0 Å². The lowest BCUT2D eigenvalue weighted by Gasteiger charge is -2.30. The molecule has 6 rings (SSSR count). The summed E-state index contributed by atoms with van der Waals surface area (Å²) in [7, 11) is 1.54. The van der Waals surface area contributed by atoms with Crippen molar-refractivity contribution in [2.75, 3.05) is 25.1 Å². The third-order valence-corrected chi connectivity index (χ3v) is 7.44. The molecular weight excluding hydrogens is 528 g/mol. The lowest BCUT2D eigenvalue weighted by Crippen LogP contribution is -2.46. The summed E-state index contributed by atoms with van der Waals surface area (Å²) in [5, 5.41) is 1.48. The van der Waals surface area contributed by atoms with E-state index in [4.69, 9.17) is 4.74 Å². The van der Waals surface area contributed by atoms with Crippen LogP contribution in [0.25, 0.3) is 10.8 Å². The minimum absolute atomic E-state index is 0.0179. The van der Waals surface area contributed by atoms with Crippen molar-refractivity contribution in [3.05, 3.63) is 143 Å². The normalized spacial score (nSPS) is 12.4. The molecular formula is C35H26N2O5. The highest BCUT2D eigenvalue weighted by molar-refractivity contribution is 6.25. The SMILES string of the molecule is COc1cccc(N(CCN2C(=O)c3cccc4cccc(c34)C2=O)C(=O)c2ccc(C(=O)c3ccccc3)cc2)c1. The van der Waals surface area contributed by atoms with Gasteiger partial charge >= 0.3 is 0 Å². The quantitative estimate of drug-likeness (QED) is 0.173. The molecule has 206 valence electrons. The third-order valence-electron chi connectivity index (χ3n) is 7.44. The zero-order valence-corrected chi connectivity index (χ0v) is 22.8. The first-order valence-corrected chi connectivity index (χ1v) is 13.5. The number of carbonyl (C=O) groups is 4. The lowest BCUT2D eigenvalue weighted by atomic mass is 9.94. The van der Waals surface area contributed by atoms with Crippen LogP contribution in [-0.4, -0.2) is 48.6 Å². The number of hydrogen-bond acceptors (Lipinski definition) is 5. The number of rotatable bonds is 8. The molecule has 0 aromatic heterocycles. The second-order valence-corrected chi connectivity index (χ2v) is 9.90. The summed E-state index contributed by atoms with van der Waals surface area (Å²) in [6, 6.07) is 33.2. The van der Waals surface area contributed by atoms with Gasteiger partial charge in [-0.2, -0.15) is 0 Å². The van der Waals surface area contributed by atoms with Crippen molar-refractivity contribution in [2.24, 2.45) is 0 Å². The molecule has 0 radical (unpaired) electrons. The average Bonchev–Trinajstić information content (AvgIpc) is 3.05. The maximum absolute atomic E-state index is 13.9. The van der Waals surface area contributed by atoms with Gasteiger partial charge in [0.2, 0.25) is 0 Å². The zero-order valence-electron chi connectivity index (χ0n) is 22.8. The highest BCUT2D eigenvalue weighted by atomic mass is 16.5. The van der Waals surface area contributed by atoms with Crippen LogP contribution in [0.15, 0.2) is 115 Å². The minimum Gasteiger partial charge on any atom is -0.497 e. The molecule has 0 atom stereocenters. The Balaban J connectivity index is 1.29. The van der Waals surface area contributed by atoms with Crippen LogP contribution in [0.1, 0.15) is 47.0 Å². The molecule has 0 aliphatic carbocycles. The van der Waals surface area contributed by atoms with Crippen molar-refractivity contribution >= 4 is 40.0 Å². The van der Waals surface area contributed by atoms with E-state index < -0.39 is 11.8 Å². The number of amides is 3. The van der Waals surface area contributed by atoms with Crippen molar-refractivity contribution in [3.8, 4) is 5.75 Å². The van der Waals surface area contributed by atoms with E-state index in [0.29, 0.717) is 44.6 Å². The number of anilines is 1. The predicted octanol–water partition coefficient (Wildman–Crippen LogP) is 6.02. The molecule has 0 spiro atoms. The van der Waals surface area contributed by atoms with Crippen molar-refractivity contribution < 1.29 is 23.9 Å². The second kappa shape index (κ2) is 11.1. The topological polar surface area (TPSA) is 84.0 Å². The Hall–Kier alpha value is -5.56. The van der Waals surface area contributed by atoms with E-state index in [1.807, 2.05) is 18.2 Å². The van der Waals surface area contributed by atoms with Gasteiger partial charge < -0.3 is 9.64 Å². The fourth-order valence-electron chi connectivity index (χ4n) is 5.29. The van der Waals surface area contributed by atoms with E-state index in [-0.39, 0.29) is 24.8 Å². The number of imide groups is 1. The molecule has 0 saturated carbocycles. The van der Waals surface area contributed by atoms with Crippen molar-refractivity contribution in [1.82, 2.24) is 4.90 Å². The van der Waals surface area contributed by atoms with Gasteiger partial charge in [-0.1, -0.05) is 72.8 Å². The van der Waals surface area contributed by atoms with Crippen LogP contribution in [-0.2, 0) is 0 Å². The molecule has 1 heterocycles. The molecule has 0 unspecified atom stereocenters. The number of carbonyl (C=O) groups excluding carboxylic acids is 4. The third kappa shape index (κ3) is 4.81. The molecule has 1 aliphatic heterocycles. The summed E-state index contributed by atoms with van der Waals surface area (Å²) in [6.07, 6.45) is 0. The van der Waals surface area contributed by atoms with Gasteiger partial charge in [0, 0.05) is 58.0 Å². The molecule has 7 heteroatoms. The Morgan fingerprint density at radius 2 is 1.29 bits per heavy atom. The Morgan fingerprint density at radius 1 is 0.690 bits per heavy atom. The predicted molar refractivity (Wildman–Crippen MR) is 160 cm³/mol. The molecule has 1 aliphatic rings. The van der Waals surface area contributed by atoms with Crippen LogP contribution in [0.3, 0.4) is 0 Å². The molecule has 3 amide bonds. The number of nitrogens with zero attached hydrogens (tertiary/aromatic N) is 2. The first-order valence-electron chi connectivity index (χ1n) is 13.5. The standard InChI is InChI=1S/C35H26N2O5/c1-42-28-13-7-12-27(22-28)36(33(39)26-18-16-25(17-19-26)32(38)24-8-3-2-4-9-24)20-21-37-34(40)29-14-5-10-23-11-6-15-30(31(23)29)35(37)41/h2-19,22H,20-21H2,1H3. The number of hydrogen-bond donors (Lipinski definition) is 0. The molecule has 42 heavy (non-hydrogen) atoms. The first-order chi connectivity index (χ1) is 20.5. The summed E-state index contributed by atoms with van der Waals surface area (Å²) < 4.78 is 5.38. The van der Waals surface area contributed by atoms with Gasteiger partial charge in [0.05, 0.1) is 7.11 Å². The fourth-order valence-corrected chi connectivity index (χ4v) is 5.29. The van der Waals surface area contributed by atoms with E-state index in [1.165, 1.54) is 16.9 Å². The Kier molecular flexibility index (Phi) is 7.07. The maximum atomic E-state index is 13.9. The smallest absolute Gasteiger partial charge is 0.261 e. The van der Waals surface area contributed by atoms with Crippen molar-refractivity contribution in [3.63, 3.8) is 0 Å². The van der Waals surface area contributed by atoms with Crippen molar-refractivity contribution in [1.29, 1.82) is 0 Å². The fraction of sp³-hybridized carbons (Fsp3) is 0.0857. The van der Waals surface area contributed by atoms with Crippen molar-refractivity contribution in [2.45, 2.75) is 0 Å². The van der Waals surface area contributed by atoms with E-state index in [2.05, 4.69) is 0 Å². The molecule has 7 nitrogen and oxygen atoms in total.